The molecule has 13 heteroatoms. The summed E-state index contributed by atoms with van der Waals surface area (Å²) >= 11 is 6.66. The third-order valence-corrected chi connectivity index (χ3v) is 6.81. The Morgan fingerprint density at radius 1 is 1.02 bits per heavy atom. The van der Waals surface area contributed by atoms with Gasteiger partial charge in [0, 0.05) is 54.4 Å². The number of methoxy groups -OCH3 is 1. The summed E-state index contributed by atoms with van der Waals surface area (Å²) in [5.74, 6) is -0.560. The first kappa shape index (κ1) is 31.1. The van der Waals surface area contributed by atoms with Gasteiger partial charge in [0.05, 0.1) is 30.9 Å². The number of carbonyl (C=O) groups is 3. The Bertz CT molecular complexity index is 1440. The zero-order valence-corrected chi connectivity index (χ0v) is 24.8. The Morgan fingerprint density at radius 3 is 2.36 bits per heavy atom. The van der Waals surface area contributed by atoms with Gasteiger partial charge in [0.1, 0.15) is 24.6 Å². The summed E-state index contributed by atoms with van der Waals surface area (Å²) in [5.41, 5.74) is 1.81. The van der Waals surface area contributed by atoms with Crippen molar-refractivity contribution in [3.63, 3.8) is 0 Å². The highest BCUT2D eigenvalue weighted by Gasteiger charge is 2.25. The van der Waals surface area contributed by atoms with Crippen LogP contribution in [0, 0.1) is 0 Å². The number of pyridine rings is 1. The molecule has 1 saturated heterocycles. The molecule has 0 radical (unpaired) electrons. The maximum atomic E-state index is 12.8. The Hall–Kier alpha value is -3.87. The van der Waals surface area contributed by atoms with Gasteiger partial charge in [-0.3, -0.25) is 4.79 Å². The molecular formula is C29H35ClN4O8. The summed E-state index contributed by atoms with van der Waals surface area (Å²) in [6, 6.07) is 7.35. The van der Waals surface area contributed by atoms with Crippen molar-refractivity contribution >= 4 is 46.2 Å². The molecule has 1 aliphatic rings. The number of carboxylic acid groups (broad SMARTS) is 1. The molecule has 0 saturated carbocycles. The molecule has 226 valence electrons. The maximum absolute atomic E-state index is 12.8. The number of H-pyrrole nitrogens is 1. The monoisotopic (exact) mass is 602 g/mol. The highest BCUT2D eigenvalue weighted by Crippen LogP contribution is 2.38. The van der Waals surface area contributed by atoms with E-state index in [1.807, 2.05) is 39.0 Å². The zero-order chi connectivity index (χ0) is 30.4. The van der Waals surface area contributed by atoms with Gasteiger partial charge in [-0.05, 0) is 45.0 Å². The van der Waals surface area contributed by atoms with Crippen LogP contribution < -0.4 is 9.64 Å². The lowest BCUT2D eigenvalue weighted by Gasteiger charge is -2.35. The Morgan fingerprint density at radius 2 is 1.71 bits per heavy atom. The van der Waals surface area contributed by atoms with Gasteiger partial charge >= 0.3 is 11.9 Å². The molecule has 1 fully saturated rings. The first-order chi connectivity index (χ1) is 20.0. The van der Waals surface area contributed by atoms with Gasteiger partial charge in [-0.15, -0.1) is 0 Å². The van der Waals surface area contributed by atoms with E-state index in [-0.39, 0.29) is 25.7 Å². The highest BCUT2D eigenvalue weighted by molar-refractivity contribution is 6.34. The molecule has 4 rings (SSSR count). The van der Waals surface area contributed by atoms with Crippen LogP contribution in [0.3, 0.4) is 0 Å². The third kappa shape index (κ3) is 7.69. The summed E-state index contributed by atoms with van der Waals surface area (Å²) in [7, 11) is 1.54. The lowest BCUT2D eigenvalue weighted by Crippen LogP contribution is -2.50. The number of nitrogens with one attached hydrogen (secondary N) is 1. The largest absolute Gasteiger partial charge is 0.480 e. The van der Waals surface area contributed by atoms with Crippen LogP contribution in [0.4, 0.5) is 5.82 Å². The van der Waals surface area contributed by atoms with Crippen molar-refractivity contribution in [2.45, 2.75) is 26.4 Å². The minimum absolute atomic E-state index is 0.0981. The molecule has 42 heavy (non-hydrogen) atoms. The second-order valence-corrected chi connectivity index (χ2v) is 11.1. The van der Waals surface area contributed by atoms with E-state index in [0.29, 0.717) is 70.5 Å². The molecule has 0 spiro atoms. The molecule has 2 N–H and O–H groups in total. The average molecular weight is 603 g/mol. The number of amides is 1. The Labute approximate surface area is 248 Å². The number of carboxylic acids is 1. The predicted molar refractivity (Wildman–Crippen MR) is 156 cm³/mol. The minimum atomic E-state index is -1.05. The number of anilines is 1. The normalized spacial score (nSPS) is 13.8. The molecule has 3 aromatic rings. The molecular weight excluding hydrogens is 568 g/mol. The molecule has 1 aliphatic heterocycles. The van der Waals surface area contributed by atoms with Crippen molar-refractivity contribution in [3.8, 4) is 17.0 Å². The van der Waals surface area contributed by atoms with Gasteiger partial charge in [-0.1, -0.05) is 11.6 Å². The fourth-order valence-electron chi connectivity index (χ4n) is 4.53. The number of hydrogen-bond donors (Lipinski definition) is 2. The van der Waals surface area contributed by atoms with Crippen LogP contribution >= 0.6 is 11.6 Å². The first-order valence-corrected chi connectivity index (χ1v) is 13.8. The van der Waals surface area contributed by atoms with Crippen molar-refractivity contribution in [3.05, 3.63) is 41.0 Å². The van der Waals surface area contributed by atoms with Crippen LogP contribution in [-0.2, 0) is 23.8 Å². The predicted octanol–water partition coefficient (Wildman–Crippen LogP) is 3.61. The highest BCUT2D eigenvalue weighted by atomic mass is 35.5. The second-order valence-electron chi connectivity index (χ2n) is 10.7. The summed E-state index contributed by atoms with van der Waals surface area (Å²) < 4.78 is 21.4. The molecule has 1 amide bonds. The Balaban J connectivity index is 1.43. The van der Waals surface area contributed by atoms with Gasteiger partial charge in [0.15, 0.2) is 0 Å². The number of aromatic amines is 1. The van der Waals surface area contributed by atoms with Crippen LogP contribution in [0.1, 0.15) is 31.1 Å². The number of esters is 1. The van der Waals surface area contributed by atoms with E-state index in [9.17, 15) is 14.4 Å². The number of rotatable bonds is 11. The number of ether oxygens (including phenoxy) is 4. The minimum Gasteiger partial charge on any atom is -0.480 e. The number of piperazine rings is 1. The zero-order valence-electron chi connectivity index (χ0n) is 24.1. The quantitative estimate of drug-likeness (QED) is 0.247. The fourth-order valence-corrected chi connectivity index (χ4v) is 4.80. The number of halogens is 1. The van der Waals surface area contributed by atoms with Gasteiger partial charge in [0.2, 0.25) is 11.8 Å². The third-order valence-electron chi connectivity index (χ3n) is 6.50. The number of benzene rings is 1. The summed E-state index contributed by atoms with van der Waals surface area (Å²) in [6.45, 7) is 7.32. The van der Waals surface area contributed by atoms with Gasteiger partial charge in [0.25, 0.3) is 0 Å². The maximum Gasteiger partial charge on any atom is 0.340 e. The van der Waals surface area contributed by atoms with Gasteiger partial charge in [-0.25, -0.2) is 9.59 Å². The summed E-state index contributed by atoms with van der Waals surface area (Å²) in [4.78, 5) is 47.3. The number of nitrogens with zero attached hydrogens (tertiary/aromatic N) is 3. The fraction of sp³-hybridized carbons (Fsp3) is 0.448. The molecule has 3 heterocycles. The lowest BCUT2D eigenvalue weighted by molar-refractivity contribution is -0.144. The first-order valence-electron chi connectivity index (χ1n) is 13.5. The van der Waals surface area contributed by atoms with E-state index in [1.165, 1.54) is 7.11 Å². The molecule has 0 unspecified atom stereocenters. The van der Waals surface area contributed by atoms with E-state index in [1.54, 1.807) is 17.2 Å². The summed E-state index contributed by atoms with van der Waals surface area (Å²) in [6.07, 6.45) is 1.62. The van der Waals surface area contributed by atoms with Crippen LogP contribution in [-0.4, -0.2) is 103 Å². The standard InChI is InChI=1S/C29H35ClN4O8/c1-29(2,3)42-28(38)21-15-31-23-14-22(30)19(13-20(21)23)18-5-6-24(32-27(18)39-4)33-7-9-34(10-8-33)25(35)16-40-11-12-41-17-26(36)37/h5-6,13-15,31H,7-12,16-17H2,1-4H3,(H,36,37). The number of aliphatic carboxylic acids is 1. The van der Waals surface area contributed by atoms with E-state index in [2.05, 4.69) is 9.88 Å². The molecule has 12 nitrogen and oxygen atoms in total. The van der Waals surface area contributed by atoms with Gasteiger partial charge in [-0.2, -0.15) is 4.98 Å². The van der Waals surface area contributed by atoms with Crippen LogP contribution in [0.2, 0.25) is 5.02 Å². The second kappa shape index (κ2) is 13.4. The van der Waals surface area contributed by atoms with Crippen molar-refractivity contribution in [2.75, 3.05) is 64.6 Å². The molecule has 1 aromatic carbocycles. The van der Waals surface area contributed by atoms with Crippen LogP contribution in [0.25, 0.3) is 22.0 Å². The van der Waals surface area contributed by atoms with Gasteiger partial charge < -0.3 is 38.8 Å². The van der Waals surface area contributed by atoms with E-state index in [4.69, 9.17) is 40.6 Å². The average Bonchev–Trinajstić information content (AvgIpc) is 3.36. The van der Waals surface area contributed by atoms with Crippen molar-refractivity contribution in [1.29, 1.82) is 0 Å². The van der Waals surface area contributed by atoms with E-state index in [0.717, 1.165) is 0 Å². The number of carbonyl (C=O) groups excluding carboxylic acids is 2. The van der Waals surface area contributed by atoms with E-state index < -0.39 is 24.1 Å². The summed E-state index contributed by atoms with van der Waals surface area (Å²) in [5, 5.41) is 9.70. The number of aromatic nitrogens is 2. The lowest BCUT2D eigenvalue weighted by atomic mass is 10.0. The Kier molecular flexibility index (Phi) is 9.92. The SMILES string of the molecule is COc1nc(N2CCN(C(=O)COCCOCC(=O)O)CC2)ccc1-c1cc2c(C(=O)OC(C)(C)C)c[nH]c2cc1Cl. The molecule has 0 bridgehead atoms. The molecule has 2 aromatic heterocycles. The van der Waals surface area contributed by atoms with Crippen molar-refractivity contribution in [1.82, 2.24) is 14.9 Å². The van der Waals surface area contributed by atoms with E-state index >= 15 is 0 Å². The number of hydrogen-bond acceptors (Lipinski definition) is 9. The van der Waals surface area contributed by atoms with Crippen LogP contribution in [0.15, 0.2) is 30.5 Å². The molecule has 0 atom stereocenters. The molecule has 0 aliphatic carbocycles. The van der Waals surface area contributed by atoms with Crippen molar-refractivity contribution < 1.29 is 38.4 Å². The number of fused-ring (bicyclic) bond motifs is 1. The van der Waals surface area contributed by atoms with Crippen molar-refractivity contribution in [2.24, 2.45) is 0 Å². The topological polar surface area (TPSA) is 144 Å². The van der Waals surface area contributed by atoms with Crippen LogP contribution in [0.5, 0.6) is 5.88 Å². The smallest absolute Gasteiger partial charge is 0.340 e.